The molecule has 1 rings (SSSR count). The van der Waals surface area contributed by atoms with Crippen LogP contribution in [0.3, 0.4) is 0 Å². The monoisotopic (exact) mass is 316 g/mol. The van der Waals surface area contributed by atoms with Crippen LogP contribution < -0.4 is 5.32 Å². The number of hydrogen-bond acceptors (Lipinski definition) is 3. The third-order valence-electron chi connectivity index (χ3n) is 2.37. The van der Waals surface area contributed by atoms with E-state index in [0.717, 1.165) is 23.2 Å². The van der Waals surface area contributed by atoms with Gasteiger partial charge in [0.05, 0.1) is 0 Å². The predicted molar refractivity (Wildman–Crippen MR) is 80.7 cm³/mol. The van der Waals surface area contributed by atoms with Crippen LogP contribution in [-0.4, -0.2) is 28.6 Å². The van der Waals surface area contributed by atoms with Crippen LogP contribution in [-0.2, 0) is 6.42 Å². The van der Waals surface area contributed by atoms with Crippen molar-refractivity contribution in [2.24, 2.45) is 0 Å². The molecule has 0 bridgehead atoms. The van der Waals surface area contributed by atoms with Crippen LogP contribution in [0.15, 0.2) is 22.9 Å². The van der Waals surface area contributed by atoms with Crippen LogP contribution in [0.4, 0.5) is 0 Å². The quantitative estimate of drug-likeness (QED) is 0.833. The fourth-order valence-corrected chi connectivity index (χ4v) is 2.90. The van der Waals surface area contributed by atoms with Gasteiger partial charge in [0.1, 0.15) is 0 Å². The topological polar surface area (TPSA) is 24.9 Å². The van der Waals surface area contributed by atoms with Gasteiger partial charge in [0.15, 0.2) is 0 Å². The lowest BCUT2D eigenvalue weighted by molar-refractivity contribution is 0.571. The largest absolute Gasteiger partial charge is 0.313 e. The summed E-state index contributed by atoms with van der Waals surface area (Å²) < 4.78 is 1.06. The number of halogens is 1. The molecule has 0 aliphatic carbocycles. The molecule has 1 atom stereocenters. The van der Waals surface area contributed by atoms with Crippen molar-refractivity contribution in [3.05, 3.63) is 28.5 Å². The Morgan fingerprint density at radius 2 is 2.18 bits per heavy atom. The average Bonchev–Trinajstić information content (AvgIpc) is 2.26. The summed E-state index contributed by atoms with van der Waals surface area (Å²) in [6.07, 6.45) is 4.82. The second-order valence-corrected chi connectivity index (χ2v) is 6.88. The summed E-state index contributed by atoms with van der Waals surface area (Å²) in [4.78, 5) is 4.21. The van der Waals surface area contributed by atoms with E-state index in [1.807, 2.05) is 24.2 Å². The molecule has 1 unspecified atom stereocenters. The first-order valence-electron chi connectivity index (χ1n) is 6.06. The fourth-order valence-electron chi connectivity index (χ4n) is 1.64. The lowest BCUT2D eigenvalue weighted by Gasteiger charge is -2.18. The Hall–Kier alpha value is -0.0600. The van der Waals surface area contributed by atoms with E-state index in [9.17, 15) is 0 Å². The summed E-state index contributed by atoms with van der Waals surface area (Å²) in [5.41, 5.74) is 1.29. The fraction of sp³-hybridized carbons (Fsp3) is 0.615. The first-order valence-corrected chi connectivity index (χ1v) is 7.90. The van der Waals surface area contributed by atoms with E-state index in [1.165, 1.54) is 5.56 Å². The van der Waals surface area contributed by atoms with Gasteiger partial charge in [0.25, 0.3) is 0 Å². The Kier molecular flexibility index (Phi) is 7.16. The molecule has 1 heterocycles. The van der Waals surface area contributed by atoms with Crippen LogP contribution in [0.2, 0.25) is 0 Å². The lowest BCUT2D eigenvalue weighted by Crippen LogP contribution is -2.33. The normalized spacial score (nSPS) is 13.0. The van der Waals surface area contributed by atoms with Gasteiger partial charge in [-0.3, -0.25) is 4.98 Å². The highest BCUT2D eigenvalue weighted by Crippen LogP contribution is 2.15. The van der Waals surface area contributed by atoms with Crippen LogP contribution in [0.5, 0.6) is 0 Å². The van der Waals surface area contributed by atoms with Crippen molar-refractivity contribution in [2.45, 2.75) is 38.5 Å². The van der Waals surface area contributed by atoms with E-state index >= 15 is 0 Å². The van der Waals surface area contributed by atoms with Crippen molar-refractivity contribution < 1.29 is 0 Å². The molecule has 0 aliphatic rings. The van der Waals surface area contributed by atoms with E-state index in [2.05, 4.69) is 53.1 Å². The summed E-state index contributed by atoms with van der Waals surface area (Å²) in [6.45, 7) is 7.67. The van der Waals surface area contributed by atoms with E-state index in [4.69, 9.17) is 0 Å². The molecule has 1 aromatic heterocycles. The second kappa shape index (κ2) is 8.11. The molecule has 0 spiro atoms. The summed E-state index contributed by atoms with van der Waals surface area (Å²) in [5.74, 6) is 1.15. The van der Waals surface area contributed by atoms with Crippen LogP contribution in [0, 0.1) is 0 Å². The van der Waals surface area contributed by atoms with E-state index in [1.54, 1.807) is 0 Å². The Bertz CT molecular complexity index is 331. The van der Waals surface area contributed by atoms with Crippen molar-refractivity contribution in [3.8, 4) is 0 Å². The molecule has 0 aliphatic heterocycles. The summed E-state index contributed by atoms with van der Waals surface area (Å²) in [6, 6.07) is 2.68. The smallest absolute Gasteiger partial charge is 0.0410 e. The van der Waals surface area contributed by atoms with Crippen LogP contribution in [0.1, 0.15) is 26.3 Å². The van der Waals surface area contributed by atoms with Gasteiger partial charge in [-0.05, 0) is 45.8 Å². The van der Waals surface area contributed by atoms with Gasteiger partial charge in [-0.1, -0.05) is 20.8 Å². The molecule has 17 heavy (non-hydrogen) atoms. The molecular formula is C13H21BrN2S. The van der Waals surface area contributed by atoms with Crippen molar-refractivity contribution in [1.29, 1.82) is 0 Å². The van der Waals surface area contributed by atoms with Gasteiger partial charge in [-0.25, -0.2) is 0 Å². The minimum atomic E-state index is 0.531. The molecule has 0 aromatic carbocycles. The highest BCUT2D eigenvalue weighted by molar-refractivity contribution is 9.10. The zero-order chi connectivity index (χ0) is 12.7. The molecule has 0 amide bonds. The SMILES string of the molecule is CCNC(CSC(C)C)Cc1cncc(Br)c1. The van der Waals surface area contributed by atoms with Crippen molar-refractivity contribution in [3.63, 3.8) is 0 Å². The van der Waals surface area contributed by atoms with Gasteiger partial charge < -0.3 is 5.32 Å². The van der Waals surface area contributed by atoms with Crippen LogP contribution in [0.25, 0.3) is 0 Å². The highest BCUT2D eigenvalue weighted by atomic mass is 79.9. The van der Waals surface area contributed by atoms with E-state index in [0.29, 0.717) is 11.3 Å². The Labute approximate surface area is 117 Å². The molecule has 0 radical (unpaired) electrons. The van der Waals surface area contributed by atoms with Gasteiger partial charge >= 0.3 is 0 Å². The molecule has 4 heteroatoms. The maximum absolute atomic E-state index is 4.21. The minimum Gasteiger partial charge on any atom is -0.313 e. The van der Waals surface area contributed by atoms with Gasteiger partial charge in [-0.15, -0.1) is 0 Å². The van der Waals surface area contributed by atoms with Gasteiger partial charge in [-0.2, -0.15) is 11.8 Å². The zero-order valence-corrected chi connectivity index (χ0v) is 13.1. The predicted octanol–water partition coefficient (Wildman–Crippen LogP) is 3.51. The molecule has 1 N–H and O–H groups in total. The zero-order valence-electron chi connectivity index (χ0n) is 10.7. The summed E-state index contributed by atoms with van der Waals surface area (Å²) >= 11 is 5.47. The minimum absolute atomic E-state index is 0.531. The van der Waals surface area contributed by atoms with E-state index < -0.39 is 0 Å². The molecule has 0 saturated heterocycles. The molecule has 1 aromatic rings. The number of aromatic nitrogens is 1. The second-order valence-electron chi connectivity index (χ2n) is 4.35. The van der Waals surface area contributed by atoms with Gasteiger partial charge in [0.2, 0.25) is 0 Å². The molecule has 0 fully saturated rings. The first-order chi connectivity index (χ1) is 8.11. The Morgan fingerprint density at radius 3 is 2.76 bits per heavy atom. The average molecular weight is 317 g/mol. The van der Waals surface area contributed by atoms with Crippen molar-refractivity contribution in [2.75, 3.05) is 12.3 Å². The van der Waals surface area contributed by atoms with E-state index in [-0.39, 0.29) is 0 Å². The highest BCUT2D eigenvalue weighted by Gasteiger charge is 2.10. The molecule has 96 valence electrons. The maximum atomic E-state index is 4.21. The number of nitrogens with zero attached hydrogens (tertiary/aromatic N) is 1. The first kappa shape index (κ1) is 15.0. The standard InChI is InChI=1S/C13H21BrN2S/c1-4-16-13(9-17-10(2)3)6-11-5-12(14)8-15-7-11/h5,7-8,10,13,16H,4,6,9H2,1-3H3. The Balaban J connectivity index is 2.53. The number of nitrogens with one attached hydrogen (secondary N) is 1. The summed E-state index contributed by atoms with van der Waals surface area (Å²) in [7, 11) is 0. The Morgan fingerprint density at radius 1 is 1.41 bits per heavy atom. The lowest BCUT2D eigenvalue weighted by atomic mass is 10.1. The molecule has 0 saturated carbocycles. The number of hydrogen-bond donors (Lipinski definition) is 1. The molecular weight excluding hydrogens is 296 g/mol. The summed E-state index contributed by atoms with van der Waals surface area (Å²) in [5, 5.41) is 4.23. The number of thioether (sulfide) groups is 1. The van der Waals surface area contributed by atoms with Crippen molar-refractivity contribution >= 4 is 27.7 Å². The molecule has 2 nitrogen and oxygen atoms in total. The maximum Gasteiger partial charge on any atom is 0.0410 e. The van der Waals surface area contributed by atoms with Gasteiger partial charge in [0, 0.05) is 28.7 Å². The third-order valence-corrected chi connectivity index (χ3v) is 4.06. The number of rotatable bonds is 7. The van der Waals surface area contributed by atoms with Crippen molar-refractivity contribution in [1.82, 2.24) is 10.3 Å². The number of pyridine rings is 1. The van der Waals surface area contributed by atoms with Crippen LogP contribution >= 0.6 is 27.7 Å². The third kappa shape index (κ3) is 6.43. The number of likely N-dealkylation sites (N-methyl/N-ethyl adjacent to an activating group) is 1.